The fourth-order valence-corrected chi connectivity index (χ4v) is 1.90. The number of aldehydes is 1. The topological polar surface area (TPSA) is 47.3 Å². The zero-order chi connectivity index (χ0) is 13.4. The third kappa shape index (κ3) is 1.77. The molecule has 4 nitrogen and oxygen atoms in total. The highest BCUT2D eigenvalue weighted by atomic mass is 19.1. The summed E-state index contributed by atoms with van der Waals surface area (Å²) in [5, 5.41) is 0. The fraction of sp³-hybridized carbons (Fsp3) is 0. The van der Waals surface area contributed by atoms with Crippen LogP contribution in [0.3, 0.4) is 0 Å². The number of halogens is 2. The van der Waals surface area contributed by atoms with Gasteiger partial charge in [0, 0.05) is 18.0 Å². The van der Waals surface area contributed by atoms with Gasteiger partial charge in [0.05, 0.1) is 0 Å². The summed E-state index contributed by atoms with van der Waals surface area (Å²) in [6.07, 6.45) is 3.63. The Bertz CT molecular complexity index is 783. The maximum absolute atomic E-state index is 13.7. The molecular weight excluding hydrogens is 252 g/mol. The molecule has 3 aromatic rings. The summed E-state index contributed by atoms with van der Waals surface area (Å²) >= 11 is 0. The third-order valence-corrected chi connectivity index (χ3v) is 2.74. The summed E-state index contributed by atoms with van der Waals surface area (Å²) in [7, 11) is 0. The molecule has 2 heterocycles. The molecule has 3 rings (SSSR count). The van der Waals surface area contributed by atoms with Gasteiger partial charge in [-0.1, -0.05) is 0 Å². The van der Waals surface area contributed by atoms with Crippen molar-refractivity contribution in [1.82, 2.24) is 14.4 Å². The molecular formula is C13H7F2N3O. The molecule has 1 aromatic carbocycles. The Balaban J connectivity index is 2.36. The van der Waals surface area contributed by atoms with Gasteiger partial charge < -0.3 is 0 Å². The third-order valence-electron chi connectivity index (χ3n) is 2.74. The highest BCUT2D eigenvalue weighted by molar-refractivity contribution is 5.85. The maximum Gasteiger partial charge on any atom is 0.234 e. The Morgan fingerprint density at radius 2 is 2.11 bits per heavy atom. The molecule has 94 valence electrons. The molecule has 0 amide bonds. The first-order valence-electron chi connectivity index (χ1n) is 5.44. The molecule has 0 spiro atoms. The van der Waals surface area contributed by atoms with Crippen LogP contribution in [0.1, 0.15) is 10.5 Å². The van der Waals surface area contributed by atoms with E-state index in [0.717, 1.165) is 18.2 Å². The second-order valence-electron chi connectivity index (χ2n) is 3.88. The summed E-state index contributed by atoms with van der Waals surface area (Å²) in [6, 6.07) is 4.63. The smallest absolute Gasteiger partial charge is 0.234 e. The standard InChI is InChI=1S/C13H7F2N3O/c14-8-2-3-10(15)9(6-8)12-11(7-19)18-5-1-4-16-13(18)17-12/h1-7H. The van der Waals surface area contributed by atoms with Crippen LogP contribution in [-0.2, 0) is 0 Å². The average Bonchev–Trinajstić information content (AvgIpc) is 2.79. The number of hydrogen-bond acceptors (Lipinski definition) is 3. The number of benzene rings is 1. The quantitative estimate of drug-likeness (QED) is 0.664. The van der Waals surface area contributed by atoms with Gasteiger partial charge in [0.1, 0.15) is 23.0 Å². The normalized spacial score (nSPS) is 10.8. The number of carbonyl (C=O) groups is 1. The van der Waals surface area contributed by atoms with Gasteiger partial charge in [-0.3, -0.25) is 9.20 Å². The van der Waals surface area contributed by atoms with E-state index in [2.05, 4.69) is 9.97 Å². The molecule has 2 aromatic heterocycles. The van der Waals surface area contributed by atoms with E-state index in [9.17, 15) is 13.6 Å². The molecule has 6 heteroatoms. The second-order valence-corrected chi connectivity index (χ2v) is 3.88. The van der Waals surface area contributed by atoms with E-state index in [1.54, 1.807) is 12.3 Å². The van der Waals surface area contributed by atoms with Crippen molar-refractivity contribution in [3.8, 4) is 11.3 Å². The van der Waals surface area contributed by atoms with Gasteiger partial charge in [-0.2, -0.15) is 0 Å². The van der Waals surface area contributed by atoms with E-state index < -0.39 is 11.6 Å². The molecule has 0 saturated carbocycles. The predicted octanol–water partition coefficient (Wildman–Crippen LogP) is 2.49. The zero-order valence-electron chi connectivity index (χ0n) is 9.55. The Kier molecular flexibility index (Phi) is 2.56. The lowest BCUT2D eigenvalue weighted by molar-refractivity contribution is 0.111. The van der Waals surface area contributed by atoms with Crippen molar-refractivity contribution in [1.29, 1.82) is 0 Å². The van der Waals surface area contributed by atoms with Crippen molar-refractivity contribution < 1.29 is 13.6 Å². The zero-order valence-corrected chi connectivity index (χ0v) is 9.55. The maximum atomic E-state index is 13.7. The number of rotatable bonds is 2. The molecule has 0 saturated heterocycles. The van der Waals surface area contributed by atoms with Crippen LogP contribution < -0.4 is 0 Å². The Hall–Kier alpha value is -2.63. The Morgan fingerprint density at radius 3 is 2.89 bits per heavy atom. The summed E-state index contributed by atoms with van der Waals surface area (Å²) in [4.78, 5) is 19.2. The molecule has 0 aliphatic rings. The minimum atomic E-state index is -0.645. The van der Waals surface area contributed by atoms with Gasteiger partial charge in [0.15, 0.2) is 6.29 Å². The summed E-state index contributed by atoms with van der Waals surface area (Å²) in [5.74, 6) is -0.991. The highest BCUT2D eigenvalue weighted by Crippen LogP contribution is 2.26. The number of nitrogens with zero attached hydrogens (tertiary/aromatic N) is 3. The first-order valence-corrected chi connectivity index (χ1v) is 5.44. The molecule has 0 N–H and O–H groups in total. The predicted molar refractivity (Wildman–Crippen MR) is 63.7 cm³/mol. The Morgan fingerprint density at radius 1 is 1.26 bits per heavy atom. The molecule has 0 bridgehead atoms. The molecule has 0 aliphatic heterocycles. The van der Waals surface area contributed by atoms with Gasteiger partial charge in [0.2, 0.25) is 5.78 Å². The SMILES string of the molecule is O=Cc1c(-c2cc(F)ccc2F)nc2ncccn12. The van der Waals surface area contributed by atoms with E-state index >= 15 is 0 Å². The molecule has 0 fully saturated rings. The van der Waals surface area contributed by atoms with Gasteiger partial charge in [-0.25, -0.2) is 18.7 Å². The lowest BCUT2D eigenvalue weighted by Gasteiger charge is -2.00. The van der Waals surface area contributed by atoms with E-state index in [1.165, 1.54) is 10.6 Å². The average molecular weight is 259 g/mol. The first kappa shape index (κ1) is 11.5. The number of hydrogen-bond donors (Lipinski definition) is 0. The van der Waals surface area contributed by atoms with Crippen LogP contribution in [0.2, 0.25) is 0 Å². The minimum Gasteiger partial charge on any atom is -0.296 e. The number of imidazole rings is 1. The van der Waals surface area contributed by atoms with Gasteiger partial charge >= 0.3 is 0 Å². The number of aromatic nitrogens is 3. The number of fused-ring (bicyclic) bond motifs is 1. The first-order chi connectivity index (χ1) is 9.20. The van der Waals surface area contributed by atoms with Crippen molar-refractivity contribution in [2.45, 2.75) is 0 Å². The lowest BCUT2D eigenvalue weighted by Crippen LogP contribution is -1.94. The van der Waals surface area contributed by atoms with Gasteiger partial charge in [0.25, 0.3) is 0 Å². The van der Waals surface area contributed by atoms with Crippen LogP contribution in [-0.4, -0.2) is 20.7 Å². The second kappa shape index (κ2) is 4.24. The summed E-state index contributed by atoms with van der Waals surface area (Å²) < 4.78 is 28.4. The summed E-state index contributed by atoms with van der Waals surface area (Å²) in [5.41, 5.74) is 0.144. The van der Waals surface area contributed by atoms with Crippen molar-refractivity contribution in [2.24, 2.45) is 0 Å². The van der Waals surface area contributed by atoms with Gasteiger partial charge in [-0.05, 0) is 24.3 Å². The van der Waals surface area contributed by atoms with Crippen LogP contribution in [0.4, 0.5) is 8.78 Å². The number of carbonyl (C=O) groups excluding carboxylic acids is 1. The van der Waals surface area contributed by atoms with Crippen LogP contribution in [0.15, 0.2) is 36.7 Å². The van der Waals surface area contributed by atoms with Crippen molar-refractivity contribution in [3.05, 3.63) is 54.0 Å². The van der Waals surface area contributed by atoms with E-state index in [4.69, 9.17) is 0 Å². The monoisotopic (exact) mass is 259 g/mol. The minimum absolute atomic E-state index is 0.0624. The van der Waals surface area contributed by atoms with E-state index in [0.29, 0.717) is 6.29 Å². The van der Waals surface area contributed by atoms with Crippen LogP contribution in [0.25, 0.3) is 17.0 Å². The fourth-order valence-electron chi connectivity index (χ4n) is 1.90. The molecule has 19 heavy (non-hydrogen) atoms. The van der Waals surface area contributed by atoms with E-state index in [1.807, 2.05) is 0 Å². The van der Waals surface area contributed by atoms with Crippen LogP contribution >= 0.6 is 0 Å². The molecule has 0 aliphatic carbocycles. The molecule has 0 atom stereocenters. The largest absolute Gasteiger partial charge is 0.296 e. The summed E-state index contributed by atoms with van der Waals surface area (Å²) in [6.45, 7) is 0. The Labute approximate surface area is 106 Å². The van der Waals surface area contributed by atoms with Crippen molar-refractivity contribution in [2.75, 3.05) is 0 Å². The van der Waals surface area contributed by atoms with Gasteiger partial charge in [-0.15, -0.1) is 0 Å². The van der Waals surface area contributed by atoms with Crippen molar-refractivity contribution >= 4 is 12.1 Å². The van der Waals surface area contributed by atoms with Crippen molar-refractivity contribution in [3.63, 3.8) is 0 Å². The van der Waals surface area contributed by atoms with Crippen LogP contribution in [0.5, 0.6) is 0 Å². The van der Waals surface area contributed by atoms with E-state index in [-0.39, 0.29) is 22.7 Å². The lowest BCUT2D eigenvalue weighted by atomic mass is 10.1. The highest BCUT2D eigenvalue weighted by Gasteiger charge is 2.17. The molecule has 0 radical (unpaired) electrons. The molecule has 0 unspecified atom stereocenters. The van der Waals surface area contributed by atoms with Crippen LogP contribution in [0, 0.1) is 11.6 Å².